The van der Waals surface area contributed by atoms with Crippen LogP contribution in [0, 0.1) is 5.92 Å². The van der Waals surface area contributed by atoms with Crippen molar-refractivity contribution in [3.8, 4) is 5.75 Å². The van der Waals surface area contributed by atoms with Gasteiger partial charge in [-0.1, -0.05) is 32.9 Å². The van der Waals surface area contributed by atoms with Crippen LogP contribution < -0.4 is 15.4 Å². The van der Waals surface area contributed by atoms with Crippen molar-refractivity contribution >= 4 is 11.9 Å². The van der Waals surface area contributed by atoms with Crippen LogP contribution in [0.4, 0.5) is 0 Å². The molecule has 0 radical (unpaired) electrons. The van der Waals surface area contributed by atoms with E-state index in [9.17, 15) is 4.79 Å². The van der Waals surface area contributed by atoms with Gasteiger partial charge in [0, 0.05) is 6.54 Å². The van der Waals surface area contributed by atoms with Gasteiger partial charge in [-0.2, -0.15) is 0 Å². The van der Waals surface area contributed by atoms with Crippen LogP contribution in [-0.2, 0) is 10.3 Å². The third-order valence-electron chi connectivity index (χ3n) is 3.68. The Labute approximate surface area is 125 Å². The van der Waals surface area contributed by atoms with E-state index in [2.05, 4.69) is 29.5 Å². The standard InChI is InChI=1S/C16H23N3O2/c1-5-16(12-6-8-13(21-4)9-7-12)14(20)18-15(19-16)17-10-11(2)3/h6-9,11H,5,10H2,1-4H3,(H2,17,18,19,20). The Hall–Kier alpha value is -2.04. The highest BCUT2D eigenvalue weighted by Gasteiger charge is 2.45. The molecule has 5 heteroatoms. The summed E-state index contributed by atoms with van der Waals surface area (Å²) in [6.45, 7) is 6.86. The van der Waals surface area contributed by atoms with Gasteiger partial charge in [0.1, 0.15) is 11.3 Å². The first-order valence-electron chi connectivity index (χ1n) is 7.30. The molecule has 114 valence electrons. The monoisotopic (exact) mass is 289 g/mol. The maximum atomic E-state index is 12.5. The van der Waals surface area contributed by atoms with Crippen molar-refractivity contribution in [3.05, 3.63) is 29.8 Å². The highest BCUT2D eigenvalue weighted by molar-refractivity contribution is 6.09. The molecule has 21 heavy (non-hydrogen) atoms. The zero-order valence-corrected chi connectivity index (χ0v) is 13.1. The number of ether oxygens (including phenoxy) is 1. The first-order valence-corrected chi connectivity index (χ1v) is 7.30. The number of nitrogens with one attached hydrogen (secondary N) is 2. The van der Waals surface area contributed by atoms with Gasteiger partial charge in [-0.3, -0.25) is 15.1 Å². The number of amides is 1. The number of nitrogens with zero attached hydrogens (tertiary/aromatic N) is 1. The van der Waals surface area contributed by atoms with E-state index < -0.39 is 5.54 Å². The van der Waals surface area contributed by atoms with E-state index in [-0.39, 0.29) is 5.91 Å². The Morgan fingerprint density at radius 1 is 1.29 bits per heavy atom. The number of hydrogen-bond donors (Lipinski definition) is 2. The summed E-state index contributed by atoms with van der Waals surface area (Å²) in [5.41, 5.74) is 0.167. The molecule has 1 aromatic rings. The SMILES string of the molecule is CCC1(c2ccc(OC)cc2)NC(=NCC(C)C)NC1=O. The van der Waals surface area contributed by atoms with Crippen molar-refractivity contribution in [2.24, 2.45) is 10.9 Å². The maximum Gasteiger partial charge on any atom is 0.257 e. The molecule has 1 atom stereocenters. The fourth-order valence-corrected chi connectivity index (χ4v) is 2.39. The van der Waals surface area contributed by atoms with E-state index in [0.717, 1.165) is 11.3 Å². The summed E-state index contributed by atoms with van der Waals surface area (Å²) in [4.78, 5) is 16.9. The molecule has 2 N–H and O–H groups in total. The quantitative estimate of drug-likeness (QED) is 0.872. The molecule has 1 aliphatic heterocycles. The lowest BCUT2D eigenvalue weighted by Gasteiger charge is -2.25. The first kappa shape index (κ1) is 15.4. The molecule has 1 heterocycles. The van der Waals surface area contributed by atoms with Gasteiger partial charge in [-0.15, -0.1) is 0 Å². The topological polar surface area (TPSA) is 62.7 Å². The minimum Gasteiger partial charge on any atom is -0.497 e. The van der Waals surface area contributed by atoms with E-state index in [0.29, 0.717) is 24.8 Å². The number of rotatable bonds is 5. The molecule has 0 bridgehead atoms. The summed E-state index contributed by atoms with van der Waals surface area (Å²) < 4.78 is 5.17. The van der Waals surface area contributed by atoms with Crippen molar-refractivity contribution in [1.29, 1.82) is 0 Å². The molecule has 1 amide bonds. The van der Waals surface area contributed by atoms with Gasteiger partial charge in [-0.05, 0) is 30.0 Å². The van der Waals surface area contributed by atoms with Gasteiger partial charge >= 0.3 is 0 Å². The molecular formula is C16H23N3O2. The Morgan fingerprint density at radius 2 is 1.95 bits per heavy atom. The molecule has 0 aliphatic carbocycles. The van der Waals surface area contributed by atoms with Crippen LogP contribution in [0.15, 0.2) is 29.3 Å². The molecule has 1 aliphatic rings. The van der Waals surface area contributed by atoms with Crippen molar-refractivity contribution in [1.82, 2.24) is 10.6 Å². The highest BCUT2D eigenvalue weighted by Crippen LogP contribution is 2.29. The van der Waals surface area contributed by atoms with E-state index in [1.807, 2.05) is 31.2 Å². The average molecular weight is 289 g/mol. The predicted molar refractivity (Wildman–Crippen MR) is 83.4 cm³/mol. The third-order valence-corrected chi connectivity index (χ3v) is 3.68. The predicted octanol–water partition coefficient (Wildman–Crippen LogP) is 2.03. The number of hydrogen-bond acceptors (Lipinski definition) is 3. The van der Waals surface area contributed by atoms with Crippen molar-refractivity contribution in [3.63, 3.8) is 0 Å². The molecule has 0 spiro atoms. The van der Waals surface area contributed by atoms with Gasteiger partial charge in [-0.25, -0.2) is 0 Å². The Kier molecular flexibility index (Phi) is 4.50. The lowest BCUT2D eigenvalue weighted by atomic mass is 9.87. The van der Waals surface area contributed by atoms with E-state index >= 15 is 0 Å². The van der Waals surface area contributed by atoms with Crippen molar-refractivity contribution < 1.29 is 9.53 Å². The van der Waals surface area contributed by atoms with Crippen LogP contribution in [0.5, 0.6) is 5.75 Å². The molecular weight excluding hydrogens is 266 g/mol. The Morgan fingerprint density at radius 3 is 2.48 bits per heavy atom. The second-order valence-corrected chi connectivity index (χ2v) is 5.65. The fourth-order valence-electron chi connectivity index (χ4n) is 2.39. The summed E-state index contributed by atoms with van der Waals surface area (Å²) in [6.07, 6.45) is 0.645. The van der Waals surface area contributed by atoms with Gasteiger partial charge in [0.05, 0.1) is 7.11 Å². The van der Waals surface area contributed by atoms with Crippen LogP contribution in [0.25, 0.3) is 0 Å². The minimum absolute atomic E-state index is 0.0577. The Balaban J connectivity index is 2.28. The summed E-state index contributed by atoms with van der Waals surface area (Å²) in [6, 6.07) is 7.57. The van der Waals surface area contributed by atoms with E-state index in [4.69, 9.17) is 4.74 Å². The molecule has 0 saturated carbocycles. The average Bonchev–Trinajstić information content (AvgIpc) is 2.82. The zero-order valence-electron chi connectivity index (χ0n) is 13.1. The summed E-state index contributed by atoms with van der Waals surface area (Å²) in [5, 5.41) is 6.11. The second kappa shape index (κ2) is 6.16. The van der Waals surface area contributed by atoms with Crippen molar-refractivity contribution in [2.45, 2.75) is 32.7 Å². The molecule has 5 nitrogen and oxygen atoms in total. The summed E-state index contributed by atoms with van der Waals surface area (Å²) in [7, 11) is 1.63. The van der Waals surface area contributed by atoms with Gasteiger partial charge < -0.3 is 10.1 Å². The van der Waals surface area contributed by atoms with Gasteiger partial charge in [0.25, 0.3) is 5.91 Å². The smallest absolute Gasteiger partial charge is 0.257 e. The number of carbonyl (C=O) groups is 1. The number of guanidine groups is 1. The number of carbonyl (C=O) groups excluding carboxylic acids is 1. The van der Waals surface area contributed by atoms with E-state index in [1.165, 1.54) is 0 Å². The molecule has 1 saturated heterocycles. The summed E-state index contributed by atoms with van der Waals surface area (Å²) in [5.74, 6) is 1.73. The molecule has 0 aromatic heterocycles. The van der Waals surface area contributed by atoms with Crippen LogP contribution >= 0.6 is 0 Å². The molecule has 1 aromatic carbocycles. The van der Waals surface area contributed by atoms with Crippen molar-refractivity contribution in [2.75, 3.05) is 13.7 Å². The number of aliphatic imine (C=N–C) groups is 1. The number of methoxy groups -OCH3 is 1. The maximum absolute atomic E-state index is 12.5. The molecule has 2 rings (SSSR count). The normalized spacial score (nSPS) is 23.3. The lowest BCUT2D eigenvalue weighted by Crippen LogP contribution is -2.43. The van der Waals surface area contributed by atoms with Gasteiger partial charge in [0.15, 0.2) is 5.96 Å². The van der Waals surface area contributed by atoms with Crippen LogP contribution in [-0.4, -0.2) is 25.5 Å². The van der Waals surface area contributed by atoms with Crippen LogP contribution in [0.3, 0.4) is 0 Å². The zero-order chi connectivity index (χ0) is 15.5. The molecule has 1 fully saturated rings. The van der Waals surface area contributed by atoms with Gasteiger partial charge in [0.2, 0.25) is 0 Å². The fraction of sp³-hybridized carbons (Fsp3) is 0.500. The third kappa shape index (κ3) is 3.01. The molecule has 1 unspecified atom stereocenters. The second-order valence-electron chi connectivity index (χ2n) is 5.65. The van der Waals surface area contributed by atoms with Crippen LogP contribution in [0.1, 0.15) is 32.8 Å². The number of benzene rings is 1. The highest BCUT2D eigenvalue weighted by atomic mass is 16.5. The summed E-state index contributed by atoms with van der Waals surface area (Å²) >= 11 is 0. The Bertz CT molecular complexity index is 537. The largest absolute Gasteiger partial charge is 0.497 e. The lowest BCUT2D eigenvalue weighted by molar-refractivity contribution is -0.124. The van der Waals surface area contributed by atoms with Crippen LogP contribution in [0.2, 0.25) is 0 Å². The van der Waals surface area contributed by atoms with E-state index in [1.54, 1.807) is 7.11 Å². The first-order chi connectivity index (χ1) is 10.0. The minimum atomic E-state index is -0.748.